The number of carbonyl (C=O) groups excluding carboxylic acids is 2. The molecule has 0 spiro atoms. The third kappa shape index (κ3) is 8.37. The quantitative estimate of drug-likeness (QED) is 0.571. The van der Waals surface area contributed by atoms with E-state index in [0.717, 1.165) is 5.56 Å². The minimum absolute atomic E-state index is 0.104. The molecule has 1 atom stereocenters. The van der Waals surface area contributed by atoms with E-state index in [1.807, 2.05) is 58.0 Å². The van der Waals surface area contributed by atoms with Gasteiger partial charge in [0.05, 0.1) is 5.75 Å². The standard InChI is InChI=1S/C25H33FN2O2S/c1-5-22(24(30)27-25(2,3)4)28(16-15-19-11-7-6-8-12-19)23(29)18-31-17-20-13-9-10-14-21(20)26/h6-14,22H,5,15-18H2,1-4H3,(H,27,30)/t22-/m0/s1. The van der Waals surface area contributed by atoms with Gasteiger partial charge in [0.15, 0.2) is 0 Å². The molecule has 168 valence electrons. The molecule has 2 aromatic carbocycles. The lowest BCUT2D eigenvalue weighted by Gasteiger charge is -2.33. The summed E-state index contributed by atoms with van der Waals surface area (Å²) in [7, 11) is 0. The minimum atomic E-state index is -0.538. The van der Waals surface area contributed by atoms with Crippen LogP contribution < -0.4 is 5.32 Å². The van der Waals surface area contributed by atoms with Crippen LogP contribution in [0.5, 0.6) is 0 Å². The molecule has 0 aromatic heterocycles. The fourth-order valence-electron chi connectivity index (χ4n) is 3.30. The van der Waals surface area contributed by atoms with E-state index in [-0.39, 0.29) is 28.9 Å². The predicted octanol–water partition coefficient (Wildman–Crippen LogP) is 4.82. The van der Waals surface area contributed by atoms with Gasteiger partial charge in [0.2, 0.25) is 11.8 Å². The molecule has 2 aromatic rings. The largest absolute Gasteiger partial charge is 0.350 e. The molecule has 1 N–H and O–H groups in total. The van der Waals surface area contributed by atoms with Gasteiger partial charge < -0.3 is 10.2 Å². The van der Waals surface area contributed by atoms with Gasteiger partial charge in [-0.1, -0.05) is 55.5 Å². The molecule has 0 aliphatic heterocycles. The third-order valence-electron chi connectivity index (χ3n) is 4.81. The molecular weight excluding hydrogens is 411 g/mol. The molecular formula is C25H33FN2O2S. The van der Waals surface area contributed by atoms with Crippen LogP contribution in [0.25, 0.3) is 0 Å². The van der Waals surface area contributed by atoms with E-state index in [9.17, 15) is 14.0 Å². The van der Waals surface area contributed by atoms with Crippen molar-refractivity contribution in [3.63, 3.8) is 0 Å². The Balaban J connectivity index is 2.09. The first-order chi connectivity index (χ1) is 14.7. The average Bonchev–Trinajstić information content (AvgIpc) is 2.71. The number of nitrogens with zero attached hydrogens (tertiary/aromatic N) is 1. The van der Waals surface area contributed by atoms with Crippen LogP contribution in [0.1, 0.15) is 45.2 Å². The van der Waals surface area contributed by atoms with Crippen LogP contribution in [0, 0.1) is 5.82 Å². The molecule has 0 heterocycles. The summed E-state index contributed by atoms with van der Waals surface area (Å²) in [6.07, 6.45) is 1.20. The number of amides is 2. The zero-order chi connectivity index (χ0) is 22.9. The first kappa shape index (κ1) is 24.9. The fraction of sp³-hybridized carbons (Fsp3) is 0.440. The van der Waals surface area contributed by atoms with Crippen LogP contribution in [0.15, 0.2) is 54.6 Å². The molecule has 4 nitrogen and oxygen atoms in total. The Morgan fingerprint density at radius 3 is 2.32 bits per heavy atom. The van der Waals surface area contributed by atoms with E-state index in [2.05, 4.69) is 5.32 Å². The maximum atomic E-state index is 13.9. The van der Waals surface area contributed by atoms with Crippen molar-refractivity contribution in [1.82, 2.24) is 10.2 Å². The zero-order valence-corrected chi connectivity index (χ0v) is 19.7. The monoisotopic (exact) mass is 444 g/mol. The Morgan fingerprint density at radius 1 is 1.06 bits per heavy atom. The van der Waals surface area contributed by atoms with Crippen LogP contribution in [0.2, 0.25) is 0 Å². The van der Waals surface area contributed by atoms with Crippen molar-refractivity contribution in [2.45, 2.75) is 57.9 Å². The van der Waals surface area contributed by atoms with Gasteiger partial charge >= 0.3 is 0 Å². The van der Waals surface area contributed by atoms with Crippen LogP contribution in [0.4, 0.5) is 4.39 Å². The number of rotatable bonds is 10. The Kier molecular flexibility index (Phi) is 9.56. The number of hydrogen-bond acceptors (Lipinski definition) is 3. The Hall–Kier alpha value is -2.34. The Morgan fingerprint density at radius 2 is 1.71 bits per heavy atom. The van der Waals surface area contributed by atoms with Gasteiger partial charge in [0, 0.05) is 17.8 Å². The number of nitrogens with one attached hydrogen (secondary N) is 1. The number of halogens is 1. The first-order valence-electron chi connectivity index (χ1n) is 10.7. The van der Waals surface area contributed by atoms with Gasteiger partial charge in [0.25, 0.3) is 0 Å². The van der Waals surface area contributed by atoms with Crippen molar-refractivity contribution in [3.05, 3.63) is 71.5 Å². The number of benzene rings is 2. The molecule has 2 amide bonds. The molecule has 0 saturated heterocycles. The van der Waals surface area contributed by atoms with Gasteiger partial charge in [-0.05, 0) is 50.8 Å². The molecule has 0 radical (unpaired) electrons. The highest BCUT2D eigenvalue weighted by atomic mass is 32.2. The summed E-state index contributed by atoms with van der Waals surface area (Å²) in [6, 6.07) is 16.0. The number of hydrogen-bond donors (Lipinski definition) is 1. The Labute approximate surface area is 189 Å². The summed E-state index contributed by atoms with van der Waals surface area (Å²) in [4.78, 5) is 27.8. The SMILES string of the molecule is CC[C@@H](C(=O)NC(C)(C)C)N(CCc1ccccc1)C(=O)CSCc1ccccc1F. The van der Waals surface area contributed by atoms with Crippen molar-refractivity contribution in [2.75, 3.05) is 12.3 Å². The number of thioether (sulfide) groups is 1. The smallest absolute Gasteiger partial charge is 0.243 e. The fourth-order valence-corrected chi connectivity index (χ4v) is 4.19. The van der Waals surface area contributed by atoms with Crippen molar-refractivity contribution < 1.29 is 14.0 Å². The topological polar surface area (TPSA) is 49.4 Å². The lowest BCUT2D eigenvalue weighted by molar-refractivity contribution is -0.139. The van der Waals surface area contributed by atoms with E-state index < -0.39 is 6.04 Å². The molecule has 0 unspecified atom stereocenters. The lowest BCUT2D eigenvalue weighted by Crippen LogP contribution is -2.54. The molecule has 0 saturated carbocycles. The molecule has 0 aliphatic rings. The van der Waals surface area contributed by atoms with Crippen molar-refractivity contribution in [1.29, 1.82) is 0 Å². The summed E-state index contributed by atoms with van der Waals surface area (Å²) in [5.74, 6) is 0.0984. The second-order valence-corrected chi connectivity index (χ2v) is 9.56. The van der Waals surface area contributed by atoms with E-state index in [0.29, 0.717) is 30.7 Å². The summed E-state index contributed by atoms with van der Waals surface area (Å²) in [6.45, 7) is 8.16. The van der Waals surface area contributed by atoms with Crippen LogP contribution >= 0.6 is 11.8 Å². The zero-order valence-electron chi connectivity index (χ0n) is 18.9. The summed E-state index contributed by atoms with van der Waals surface area (Å²) in [5.41, 5.74) is 1.32. The molecule has 0 fully saturated rings. The van der Waals surface area contributed by atoms with E-state index in [4.69, 9.17) is 0 Å². The lowest BCUT2D eigenvalue weighted by atomic mass is 10.1. The maximum Gasteiger partial charge on any atom is 0.243 e. The van der Waals surface area contributed by atoms with Gasteiger partial charge in [0.1, 0.15) is 11.9 Å². The van der Waals surface area contributed by atoms with Crippen LogP contribution in [-0.4, -0.2) is 40.6 Å². The summed E-state index contributed by atoms with van der Waals surface area (Å²) >= 11 is 1.37. The van der Waals surface area contributed by atoms with Gasteiger partial charge in [-0.2, -0.15) is 0 Å². The van der Waals surface area contributed by atoms with Gasteiger partial charge in [-0.3, -0.25) is 9.59 Å². The Bertz CT molecular complexity index is 852. The van der Waals surface area contributed by atoms with Gasteiger partial charge in [-0.25, -0.2) is 4.39 Å². The van der Waals surface area contributed by atoms with E-state index in [1.54, 1.807) is 23.1 Å². The van der Waals surface area contributed by atoms with Gasteiger partial charge in [-0.15, -0.1) is 11.8 Å². The van der Waals surface area contributed by atoms with Crippen molar-refractivity contribution in [3.8, 4) is 0 Å². The second kappa shape index (κ2) is 11.9. The summed E-state index contributed by atoms with van der Waals surface area (Å²) in [5, 5.41) is 3.00. The van der Waals surface area contributed by atoms with Crippen LogP contribution in [0.3, 0.4) is 0 Å². The maximum absolute atomic E-state index is 13.9. The highest BCUT2D eigenvalue weighted by Gasteiger charge is 2.30. The molecule has 0 aliphatic carbocycles. The van der Waals surface area contributed by atoms with Crippen LogP contribution in [-0.2, 0) is 21.8 Å². The highest BCUT2D eigenvalue weighted by Crippen LogP contribution is 2.18. The first-order valence-corrected chi connectivity index (χ1v) is 11.8. The molecule has 0 bridgehead atoms. The van der Waals surface area contributed by atoms with Crippen molar-refractivity contribution in [2.24, 2.45) is 0 Å². The third-order valence-corrected chi connectivity index (χ3v) is 5.78. The molecule has 31 heavy (non-hydrogen) atoms. The molecule has 6 heteroatoms. The summed E-state index contributed by atoms with van der Waals surface area (Å²) < 4.78 is 13.9. The minimum Gasteiger partial charge on any atom is -0.350 e. The average molecular weight is 445 g/mol. The predicted molar refractivity (Wildman–Crippen MR) is 126 cm³/mol. The van der Waals surface area contributed by atoms with Crippen molar-refractivity contribution >= 4 is 23.6 Å². The normalized spacial score (nSPS) is 12.3. The van der Waals surface area contributed by atoms with E-state index >= 15 is 0 Å². The molecule has 2 rings (SSSR count). The second-order valence-electron chi connectivity index (χ2n) is 8.57. The highest BCUT2D eigenvalue weighted by molar-refractivity contribution is 7.99. The number of carbonyl (C=O) groups is 2. The van der Waals surface area contributed by atoms with E-state index in [1.165, 1.54) is 17.8 Å².